The Kier molecular flexibility index (Phi) is 4.37. The predicted octanol–water partition coefficient (Wildman–Crippen LogP) is 1.95. The molecule has 0 spiro atoms. The van der Waals surface area contributed by atoms with E-state index in [1.165, 1.54) is 11.1 Å². The number of carbonyl (C=O) groups is 1. The van der Waals surface area contributed by atoms with Crippen LogP contribution >= 0.6 is 0 Å². The van der Waals surface area contributed by atoms with Crippen molar-refractivity contribution in [2.75, 3.05) is 20.1 Å². The van der Waals surface area contributed by atoms with E-state index in [0.717, 1.165) is 25.9 Å². The Balaban J connectivity index is 1.84. The van der Waals surface area contributed by atoms with Gasteiger partial charge in [0.2, 0.25) is 5.91 Å². The molecular formula is C15H22N2O. The highest BCUT2D eigenvalue weighted by atomic mass is 16.1. The Morgan fingerprint density at radius 3 is 3.06 bits per heavy atom. The van der Waals surface area contributed by atoms with Crippen LogP contribution in [0.3, 0.4) is 0 Å². The van der Waals surface area contributed by atoms with Crippen LogP contribution < -0.4 is 5.32 Å². The lowest BCUT2D eigenvalue weighted by atomic mass is 9.97. The molecule has 0 saturated carbocycles. The SMILES string of the molecule is Cc1cccc(CNC(=O)[C@H]2CCCN(C)C2)c1. The van der Waals surface area contributed by atoms with E-state index in [1.807, 2.05) is 6.07 Å². The zero-order valence-corrected chi connectivity index (χ0v) is 11.3. The minimum Gasteiger partial charge on any atom is -0.352 e. The smallest absolute Gasteiger partial charge is 0.224 e. The van der Waals surface area contributed by atoms with Crippen molar-refractivity contribution in [2.24, 2.45) is 5.92 Å². The first-order valence-electron chi connectivity index (χ1n) is 6.67. The maximum Gasteiger partial charge on any atom is 0.224 e. The summed E-state index contributed by atoms with van der Waals surface area (Å²) in [6.07, 6.45) is 2.14. The molecule has 1 aliphatic heterocycles. The summed E-state index contributed by atoms with van der Waals surface area (Å²) in [5.41, 5.74) is 2.41. The lowest BCUT2D eigenvalue weighted by Crippen LogP contribution is -2.41. The highest BCUT2D eigenvalue weighted by Gasteiger charge is 2.23. The molecule has 18 heavy (non-hydrogen) atoms. The number of amides is 1. The van der Waals surface area contributed by atoms with Crippen molar-refractivity contribution in [1.82, 2.24) is 10.2 Å². The molecule has 1 aromatic rings. The minimum absolute atomic E-state index is 0.161. The Morgan fingerprint density at radius 2 is 2.33 bits per heavy atom. The number of carbonyl (C=O) groups excluding carboxylic acids is 1. The van der Waals surface area contributed by atoms with Gasteiger partial charge in [0, 0.05) is 13.1 Å². The number of nitrogens with zero attached hydrogens (tertiary/aromatic N) is 1. The van der Waals surface area contributed by atoms with Crippen LogP contribution in [0.25, 0.3) is 0 Å². The van der Waals surface area contributed by atoms with Gasteiger partial charge in [0.05, 0.1) is 5.92 Å². The molecule has 1 saturated heterocycles. The first kappa shape index (κ1) is 13.1. The van der Waals surface area contributed by atoms with Crippen LogP contribution in [0.4, 0.5) is 0 Å². The Labute approximate surface area is 109 Å². The van der Waals surface area contributed by atoms with Crippen molar-refractivity contribution in [2.45, 2.75) is 26.3 Å². The van der Waals surface area contributed by atoms with Crippen molar-refractivity contribution in [3.63, 3.8) is 0 Å². The zero-order chi connectivity index (χ0) is 13.0. The summed E-state index contributed by atoms with van der Waals surface area (Å²) in [5, 5.41) is 3.05. The molecule has 1 heterocycles. The van der Waals surface area contributed by atoms with E-state index in [9.17, 15) is 4.79 Å². The number of hydrogen-bond donors (Lipinski definition) is 1. The highest BCUT2D eigenvalue weighted by molar-refractivity contribution is 5.78. The summed E-state index contributed by atoms with van der Waals surface area (Å²) < 4.78 is 0. The second kappa shape index (κ2) is 6.01. The van der Waals surface area contributed by atoms with E-state index in [-0.39, 0.29) is 11.8 Å². The molecule has 0 aliphatic carbocycles. The monoisotopic (exact) mass is 246 g/mol. The number of likely N-dealkylation sites (tertiary alicyclic amines) is 1. The van der Waals surface area contributed by atoms with Gasteiger partial charge in [-0.2, -0.15) is 0 Å². The van der Waals surface area contributed by atoms with Crippen molar-refractivity contribution in [3.05, 3.63) is 35.4 Å². The van der Waals surface area contributed by atoms with Gasteiger partial charge >= 0.3 is 0 Å². The number of benzene rings is 1. The standard InChI is InChI=1S/C15H22N2O/c1-12-5-3-6-13(9-12)10-16-15(18)14-7-4-8-17(2)11-14/h3,5-6,9,14H,4,7-8,10-11H2,1-2H3,(H,16,18)/t14-/m0/s1. The molecule has 1 amide bonds. The van der Waals surface area contributed by atoms with Gasteiger partial charge in [0.25, 0.3) is 0 Å². The topological polar surface area (TPSA) is 32.3 Å². The summed E-state index contributed by atoms with van der Waals surface area (Å²) in [7, 11) is 2.08. The molecule has 0 aromatic heterocycles. The second-order valence-corrected chi connectivity index (χ2v) is 5.31. The van der Waals surface area contributed by atoms with Crippen LogP contribution in [0.15, 0.2) is 24.3 Å². The summed E-state index contributed by atoms with van der Waals surface area (Å²) >= 11 is 0. The van der Waals surface area contributed by atoms with Gasteiger partial charge < -0.3 is 10.2 Å². The van der Waals surface area contributed by atoms with Gasteiger partial charge in [-0.1, -0.05) is 29.8 Å². The normalized spacial score (nSPS) is 20.7. The third-order valence-electron chi connectivity index (χ3n) is 3.54. The fourth-order valence-corrected chi connectivity index (χ4v) is 2.54. The van der Waals surface area contributed by atoms with Gasteiger partial charge in [0.15, 0.2) is 0 Å². The molecule has 1 atom stereocenters. The molecule has 2 rings (SSSR count). The lowest BCUT2D eigenvalue weighted by molar-refractivity contribution is -0.126. The second-order valence-electron chi connectivity index (χ2n) is 5.31. The summed E-state index contributed by atoms with van der Waals surface area (Å²) in [6.45, 7) is 4.71. The number of rotatable bonds is 3. The van der Waals surface area contributed by atoms with E-state index in [1.54, 1.807) is 0 Å². The van der Waals surface area contributed by atoms with Crippen molar-refractivity contribution in [1.29, 1.82) is 0 Å². The molecule has 0 radical (unpaired) electrons. The molecule has 1 aromatic carbocycles. The first-order chi connectivity index (χ1) is 8.65. The van der Waals surface area contributed by atoms with E-state index >= 15 is 0 Å². The van der Waals surface area contributed by atoms with Crippen LogP contribution in [0.5, 0.6) is 0 Å². The fraction of sp³-hybridized carbons (Fsp3) is 0.533. The maximum atomic E-state index is 12.1. The van der Waals surface area contributed by atoms with Crippen LogP contribution in [0.1, 0.15) is 24.0 Å². The summed E-state index contributed by atoms with van der Waals surface area (Å²) in [6, 6.07) is 8.28. The van der Waals surface area contributed by atoms with E-state index in [4.69, 9.17) is 0 Å². The molecule has 0 unspecified atom stereocenters. The number of piperidine rings is 1. The van der Waals surface area contributed by atoms with Gasteiger partial charge in [0.1, 0.15) is 0 Å². The average Bonchev–Trinajstić information content (AvgIpc) is 2.36. The molecule has 0 bridgehead atoms. The molecule has 98 valence electrons. The van der Waals surface area contributed by atoms with E-state index < -0.39 is 0 Å². The predicted molar refractivity (Wildman–Crippen MR) is 73.2 cm³/mol. The van der Waals surface area contributed by atoms with E-state index in [2.05, 4.69) is 42.4 Å². The third kappa shape index (κ3) is 3.57. The Bertz CT molecular complexity index is 417. The van der Waals surface area contributed by atoms with Crippen molar-refractivity contribution >= 4 is 5.91 Å². The van der Waals surface area contributed by atoms with Gasteiger partial charge in [-0.3, -0.25) is 4.79 Å². The van der Waals surface area contributed by atoms with Gasteiger partial charge in [-0.15, -0.1) is 0 Å². The first-order valence-corrected chi connectivity index (χ1v) is 6.67. The van der Waals surface area contributed by atoms with Crippen LogP contribution in [0, 0.1) is 12.8 Å². The van der Waals surface area contributed by atoms with Gasteiger partial charge in [-0.25, -0.2) is 0 Å². The minimum atomic E-state index is 0.161. The largest absolute Gasteiger partial charge is 0.352 e. The molecular weight excluding hydrogens is 224 g/mol. The third-order valence-corrected chi connectivity index (χ3v) is 3.54. The number of nitrogens with one attached hydrogen (secondary N) is 1. The maximum absolute atomic E-state index is 12.1. The molecule has 1 N–H and O–H groups in total. The quantitative estimate of drug-likeness (QED) is 0.884. The Morgan fingerprint density at radius 1 is 1.50 bits per heavy atom. The zero-order valence-electron chi connectivity index (χ0n) is 11.3. The van der Waals surface area contributed by atoms with Crippen molar-refractivity contribution < 1.29 is 4.79 Å². The van der Waals surface area contributed by atoms with Gasteiger partial charge in [-0.05, 0) is 38.9 Å². The van der Waals surface area contributed by atoms with Crippen LogP contribution in [-0.2, 0) is 11.3 Å². The Hall–Kier alpha value is -1.35. The summed E-state index contributed by atoms with van der Waals surface area (Å²) in [4.78, 5) is 14.3. The van der Waals surface area contributed by atoms with E-state index in [0.29, 0.717) is 6.54 Å². The van der Waals surface area contributed by atoms with Crippen molar-refractivity contribution in [3.8, 4) is 0 Å². The number of hydrogen-bond acceptors (Lipinski definition) is 2. The molecule has 1 aliphatic rings. The highest BCUT2D eigenvalue weighted by Crippen LogP contribution is 2.15. The fourth-order valence-electron chi connectivity index (χ4n) is 2.54. The molecule has 1 fully saturated rings. The molecule has 3 nitrogen and oxygen atoms in total. The average molecular weight is 246 g/mol. The van der Waals surface area contributed by atoms with Crippen LogP contribution in [-0.4, -0.2) is 30.9 Å². The lowest BCUT2D eigenvalue weighted by Gasteiger charge is -2.28. The molecule has 3 heteroatoms. The summed E-state index contributed by atoms with van der Waals surface area (Å²) in [5.74, 6) is 0.358. The van der Waals surface area contributed by atoms with Crippen LogP contribution in [0.2, 0.25) is 0 Å². The number of aryl methyl sites for hydroxylation is 1.